The Morgan fingerprint density at radius 1 is 1.08 bits per heavy atom. The van der Waals surface area contributed by atoms with Crippen LogP contribution in [-0.4, -0.2) is 53.6 Å². The first-order valence-electron chi connectivity index (χ1n) is 11.2. The number of hydrogen-bond donors (Lipinski definition) is 3. The Morgan fingerprint density at radius 2 is 1.68 bits per heavy atom. The van der Waals surface area contributed by atoms with Crippen molar-refractivity contribution in [1.82, 2.24) is 5.32 Å². The lowest BCUT2D eigenvalue weighted by molar-refractivity contribution is -0.385. The standard InChI is InChI=1S/C26H23FN2O8/c1-36-25(32)19-10-21(27)18(11-22(19)29(34)35)24(31)23(30)12-28-26(33)37-13-20-16-8-4-2-6-14(16)15-7-3-5-9-17(15)20/h2-11,20,23-24,30-31H,12-13H2,1H3,(H,28,33). The minimum atomic E-state index is -1.95. The van der Waals surface area contributed by atoms with Gasteiger partial charge in [-0.05, 0) is 28.3 Å². The van der Waals surface area contributed by atoms with Gasteiger partial charge < -0.3 is 25.0 Å². The summed E-state index contributed by atoms with van der Waals surface area (Å²) in [6.07, 6.45) is -4.56. The van der Waals surface area contributed by atoms with Crippen molar-refractivity contribution in [2.75, 3.05) is 20.3 Å². The van der Waals surface area contributed by atoms with Crippen LogP contribution in [0.25, 0.3) is 11.1 Å². The van der Waals surface area contributed by atoms with Crippen molar-refractivity contribution in [2.45, 2.75) is 18.1 Å². The number of nitrogens with zero attached hydrogens (tertiary/aromatic N) is 1. The lowest BCUT2D eigenvalue weighted by atomic mass is 9.98. The maximum absolute atomic E-state index is 14.5. The average Bonchev–Trinajstić information content (AvgIpc) is 3.22. The topological polar surface area (TPSA) is 148 Å². The van der Waals surface area contributed by atoms with Gasteiger partial charge in [-0.15, -0.1) is 0 Å². The van der Waals surface area contributed by atoms with Crippen molar-refractivity contribution in [3.63, 3.8) is 0 Å². The van der Waals surface area contributed by atoms with Gasteiger partial charge in [-0.2, -0.15) is 0 Å². The second-order valence-corrected chi connectivity index (χ2v) is 8.36. The SMILES string of the molecule is COC(=O)c1cc(F)c(C(O)C(O)CNC(=O)OCC2c3ccccc3-c3ccccc32)cc1[N+](=O)[O-]. The number of benzene rings is 3. The van der Waals surface area contributed by atoms with Gasteiger partial charge in [0.25, 0.3) is 5.69 Å². The molecule has 1 aliphatic rings. The summed E-state index contributed by atoms with van der Waals surface area (Å²) < 4.78 is 24.3. The highest BCUT2D eigenvalue weighted by molar-refractivity contribution is 5.94. The number of hydrogen-bond acceptors (Lipinski definition) is 8. The lowest BCUT2D eigenvalue weighted by Gasteiger charge is -2.20. The summed E-state index contributed by atoms with van der Waals surface area (Å²) in [4.78, 5) is 34.4. The maximum Gasteiger partial charge on any atom is 0.407 e. The number of aliphatic hydroxyl groups excluding tert-OH is 2. The number of carbonyl (C=O) groups is 2. The van der Waals surface area contributed by atoms with E-state index in [2.05, 4.69) is 10.1 Å². The van der Waals surface area contributed by atoms with Gasteiger partial charge >= 0.3 is 12.1 Å². The zero-order valence-electron chi connectivity index (χ0n) is 19.6. The molecule has 0 radical (unpaired) electrons. The first-order valence-corrected chi connectivity index (χ1v) is 11.2. The summed E-state index contributed by atoms with van der Waals surface area (Å²) >= 11 is 0. The molecule has 0 saturated carbocycles. The van der Waals surface area contributed by atoms with E-state index in [-0.39, 0.29) is 12.5 Å². The fourth-order valence-corrected chi connectivity index (χ4v) is 4.39. The molecule has 0 spiro atoms. The third-order valence-electron chi connectivity index (χ3n) is 6.20. The number of aliphatic hydroxyl groups is 2. The van der Waals surface area contributed by atoms with E-state index in [4.69, 9.17) is 4.74 Å². The molecule has 0 aliphatic heterocycles. The van der Waals surface area contributed by atoms with Gasteiger partial charge in [0.1, 0.15) is 30.2 Å². The predicted octanol–water partition coefficient (Wildman–Crippen LogP) is 3.45. The number of methoxy groups -OCH3 is 1. The Labute approximate surface area is 210 Å². The van der Waals surface area contributed by atoms with E-state index in [0.29, 0.717) is 12.1 Å². The van der Waals surface area contributed by atoms with Gasteiger partial charge in [0, 0.05) is 24.1 Å². The molecule has 0 saturated heterocycles. The number of amides is 1. The molecule has 10 nitrogen and oxygen atoms in total. The number of nitro benzene ring substituents is 1. The third-order valence-corrected chi connectivity index (χ3v) is 6.20. The Morgan fingerprint density at radius 3 is 2.24 bits per heavy atom. The quantitative estimate of drug-likeness (QED) is 0.237. The smallest absolute Gasteiger partial charge is 0.407 e. The highest BCUT2D eigenvalue weighted by Gasteiger charge is 2.31. The number of rotatable bonds is 8. The molecular weight excluding hydrogens is 487 g/mol. The van der Waals surface area contributed by atoms with Gasteiger partial charge in [-0.3, -0.25) is 10.1 Å². The fraction of sp³-hybridized carbons (Fsp3) is 0.231. The Balaban J connectivity index is 1.39. The van der Waals surface area contributed by atoms with Crippen molar-refractivity contribution in [3.05, 3.63) is 98.8 Å². The largest absolute Gasteiger partial charge is 0.465 e. The second kappa shape index (κ2) is 10.7. The molecule has 0 fully saturated rings. The van der Waals surface area contributed by atoms with Crippen LogP contribution in [0.2, 0.25) is 0 Å². The van der Waals surface area contributed by atoms with Gasteiger partial charge in [0.15, 0.2) is 0 Å². The van der Waals surface area contributed by atoms with Crippen molar-refractivity contribution in [3.8, 4) is 11.1 Å². The molecule has 3 aromatic carbocycles. The predicted molar refractivity (Wildman–Crippen MR) is 128 cm³/mol. The van der Waals surface area contributed by atoms with E-state index in [1.165, 1.54) is 0 Å². The molecule has 3 aromatic rings. The minimum Gasteiger partial charge on any atom is -0.465 e. The molecule has 192 valence electrons. The number of carbonyl (C=O) groups excluding carboxylic acids is 2. The van der Waals surface area contributed by atoms with Crippen molar-refractivity contribution in [1.29, 1.82) is 0 Å². The molecule has 1 amide bonds. The molecule has 0 heterocycles. The molecule has 0 aromatic heterocycles. The normalized spacial score (nSPS) is 13.7. The third kappa shape index (κ3) is 5.13. The first kappa shape index (κ1) is 25.7. The van der Waals surface area contributed by atoms with E-state index in [1.807, 2.05) is 48.5 Å². The van der Waals surface area contributed by atoms with Crippen LogP contribution in [0.1, 0.15) is 39.1 Å². The van der Waals surface area contributed by atoms with Crippen molar-refractivity contribution in [2.24, 2.45) is 0 Å². The first-order chi connectivity index (χ1) is 17.7. The average molecular weight is 510 g/mol. The number of halogens is 1. The number of fused-ring (bicyclic) bond motifs is 3. The number of alkyl carbamates (subject to hydrolysis) is 1. The van der Waals surface area contributed by atoms with Crippen LogP contribution in [-0.2, 0) is 9.47 Å². The Hall–Kier alpha value is -4.35. The number of ether oxygens (including phenoxy) is 2. The van der Waals surface area contributed by atoms with Crippen LogP contribution in [0.3, 0.4) is 0 Å². The van der Waals surface area contributed by atoms with Gasteiger partial charge in [-0.25, -0.2) is 14.0 Å². The van der Waals surface area contributed by atoms with Crippen LogP contribution in [0.4, 0.5) is 14.9 Å². The Bertz CT molecular complexity index is 1320. The maximum atomic E-state index is 14.5. The van der Waals surface area contributed by atoms with Gasteiger partial charge in [0.2, 0.25) is 0 Å². The molecule has 3 N–H and O–H groups in total. The molecule has 0 bridgehead atoms. The molecule has 2 atom stereocenters. The second-order valence-electron chi connectivity index (χ2n) is 8.36. The monoisotopic (exact) mass is 510 g/mol. The van der Waals surface area contributed by atoms with Crippen molar-refractivity contribution >= 4 is 17.7 Å². The van der Waals surface area contributed by atoms with Crippen LogP contribution >= 0.6 is 0 Å². The summed E-state index contributed by atoms with van der Waals surface area (Å²) in [5.41, 5.74) is 2.06. The minimum absolute atomic E-state index is 0.0221. The molecule has 11 heteroatoms. The highest BCUT2D eigenvalue weighted by Crippen LogP contribution is 2.44. The molecule has 2 unspecified atom stereocenters. The van der Waals surface area contributed by atoms with Crippen LogP contribution in [0.15, 0.2) is 60.7 Å². The summed E-state index contributed by atoms with van der Waals surface area (Å²) in [7, 11) is 0.978. The number of esters is 1. The molecule has 37 heavy (non-hydrogen) atoms. The zero-order valence-corrected chi connectivity index (χ0v) is 19.6. The molecule has 4 rings (SSSR count). The molecule has 1 aliphatic carbocycles. The van der Waals surface area contributed by atoms with Crippen LogP contribution in [0.5, 0.6) is 0 Å². The van der Waals surface area contributed by atoms with Crippen LogP contribution < -0.4 is 5.32 Å². The number of nitrogens with one attached hydrogen (secondary N) is 1. The fourth-order valence-electron chi connectivity index (χ4n) is 4.39. The highest BCUT2D eigenvalue weighted by atomic mass is 19.1. The lowest BCUT2D eigenvalue weighted by Crippen LogP contribution is -2.36. The van der Waals surface area contributed by atoms with E-state index in [9.17, 15) is 34.3 Å². The van der Waals surface area contributed by atoms with E-state index in [1.54, 1.807) is 0 Å². The van der Waals surface area contributed by atoms with Crippen molar-refractivity contribution < 1.29 is 38.6 Å². The zero-order chi connectivity index (χ0) is 26.7. The van der Waals surface area contributed by atoms with Gasteiger partial charge in [0.05, 0.1) is 12.0 Å². The summed E-state index contributed by atoms with van der Waals surface area (Å²) in [6.45, 7) is -0.516. The van der Waals surface area contributed by atoms with E-state index < -0.39 is 58.4 Å². The van der Waals surface area contributed by atoms with E-state index >= 15 is 0 Å². The summed E-state index contributed by atoms with van der Waals surface area (Å²) in [5, 5.41) is 34.3. The molecular formula is C26H23FN2O8. The summed E-state index contributed by atoms with van der Waals surface area (Å²) in [5.74, 6) is -2.49. The summed E-state index contributed by atoms with van der Waals surface area (Å²) in [6, 6.07) is 16.8. The van der Waals surface area contributed by atoms with E-state index in [0.717, 1.165) is 29.4 Å². The van der Waals surface area contributed by atoms with Crippen LogP contribution in [0, 0.1) is 15.9 Å². The number of nitro groups is 1. The van der Waals surface area contributed by atoms with Gasteiger partial charge in [-0.1, -0.05) is 48.5 Å². The Kier molecular flexibility index (Phi) is 7.46.